The predicted molar refractivity (Wildman–Crippen MR) is 83.3 cm³/mol. The van der Waals surface area contributed by atoms with E-state index in [1.54, 1.807) is 0 Å². The fraction of sp³-hybridized carbons (Fsp3) is 0.278. The summed E-state index contributed by atoms with van der Waals surface area (Å²) in [6, 6.07) is 16.7. The summed E-state index contributed by atoms with van der Waals surface area (Å²) < 4.78 is 0. The molecule has 3 atom stereocenters. The number of carbonyl (C=O) groups excluding carboxylic acids is 1. The molecule has 1 aliphatic carbocycles. The Hall–Kier alpha value is -1.80. The molecule has 1 N–H and O–H groups in total. The van der Waals surface area contributed by atoms with Crippen LogP contribution in [0.1, 0.15) is 41.5 Å². The average molecular weight is 298 g/mol. The monoisotopic (exact) mass is 297 g/mol. The minimum Gasteiger partial charge on any atom is -0.349 e. The van der Waals surface area contributed by atoms with E-state index in [4.69, 9.17) is 11.6 Å². The Balaban J connectivity index is 1.87. The van der Waals surface area contributed by atoms with Crippen LogP contribution in [0.2, 0.25) is 5.02 Å². The molecule has 0 saturated carbocycles. The fourth-order valence-corrected chi connectivity index (χ4v) is 4.08. The van der Waals surface area contributed by atoms with E-state index in [-0.39, 0.29) is 11.9 Å². The second-order valence-corrected chi connectivity index (χ2v) is 6.35. The molecule has 1 heterocycles. The van der Waals surface area contributed by atoms with Crippen molar-refractivity contribution in [2.75, 3.05) is 0 Å². The SMILES string of the molecule is O=C1CC[C@H]2[C@@H](c3ccccc3)c3cc(Cl)ccc3[C@H]2N1. The molecule has 2 aliphatic rings. The quantitative estimate of drug-likeness (QED) is 0.845. The van der Waals surface area contributed by atoms with E-state index in [0.29, 0.717) is 18.3 Å². The first-order chi connectivity index (χ1) is 10.2. The molecule has 1 amide bonds. The van der Waals surface area contributed by atoms with Gasteiger partial charge in [-0.2, -0.15) is 0 Å². The number of amides is 1. The lowest BCUT2D eigenvalue weighted by Crippen LogP contribution is -2.37. The van der Waals surface area contributed by atoms with Gasteiger partial charge in [-0.05, 0) is 41.2 Å². The number of piperidine rings is 1. The highest BCUT2D eigenvalue weighted by molar-refractivity contribution is 6.30. The smallest absolute Gasteiger partial charge is 0.220 e. The van der Waals surface area contributed by atoms with Gasteiger partial charge in [-0.3, -0.25) is 4.79 Å². The maximum atomic E-state index is 11.8. The Morgan fingerprint density at radius 3 is 2.67 bits per heavy atom. The maximum Gasteiger partial charge on any atom is 0.220 e. The van der Waals surface area contributed by atoms with Gasteiger partial charge in [-0.15, -0.1) is 0 Å². The normalized spacial score (nSPS) is 26.9. The van der Waals surface area contributed by atoms with Gasteiger partial charge in [-0.1, -0.05) is 48.0 Å². The summed E-state index contributed by atoms with van der Waals surface area (Å²) in [6.45, 7) is 0. The standard InChI is InChI=1S/C18H16ClNO/c19-12-6-7-13-15(10-12)17(11-4-2-1-3-5-11)14-8-9-16(21)20-18(13)14/h1-7,10,14,17-18H,8-9H2,(H,20,21)/t14-,17+,18+/m0/s1. The zero-order chi connectivity index (χ0) is 14.4. The van der Waals surface area contributed by atoms with Crippen LogP contribution in [-0.4, -0.2) is 5.91 Å². The third-order valence-electron chi connectivity index (χ3n) is 4.76. The summed E-state index contributed by atoms with van der Waals surface area (Å²) in [5.74, 6) is 0.912. The van der Waals surface area contributed by atoms with E-state index >= 15 is 0 Å². The average Bonchev–Trinajstić information content (AvgIpc) is 2.81. The molecule has 0 aromatic heterocycles. The second kappa shape index (κ2) is 4.88. The van der Waals surface area contributed by atoms with Gasteiger partial charge in [0.2, 0.25) is 5.91 Å². The molecular formula is C18H16ClNO. The zero-order valence-corrected chi connectivity index (χ0v) is 12.3. The van der Waals surface area contributed by atoms with Crippen LogP contribution >= 0.6 is 11.6 Å². The number of hydrogen-bond acceptors (Lipinski definition) is 1. The molecule has 2 aromatic rings. The van der Waals surface area contributed by atoms with Crippen molar-refractivity contribution in [1.82, 2.24) is 5.32 Å². The van der Waals surface area contributed by atoms with E-state index in [2.05, 4.69) is 41.7 Å². The van der Waals surface area contributed by atoms with E-state index < -0.39 is 0 Å². The molecule has 0 unspecified atom stereocenters. The van der Waals surface area contributed by atoms with Crippen LogP contribution in [-0.2, 0) is 4.79 Å². The fourth-order valence-electron chi connectivity index (χ4n) is 3.90. The minimum absolute atomic E-state index is 0.128. The molecule has 0 bridgehead atoms. The van der Waals surface area contributed by atoms with E-state index in [1.807, 2.05) is 12.1 Å². The summed E-state index contributed by atoms with van der Waals surface area (Å²) >= 11 is 6.21. The third-order valence-corrected chi connectivity index (χ3v) is 4.99. The Morgan fingerprint density at radius 2 is 1.86 bits per heavy atom. The molecule has 4 rings (SSSR count). The minimum atomic E-state index is 0.128. The van der Waals surface area contributed by atoms with Crippen LogP contribution in [0.3, 0.4) is 0 Å². The molecule has 2 aromatic carbocycles. The number of fused-ring (bicyclic) bond motifs is 3. The van der Waals surface area contributed by atoms with Crippen molar-refractivity contribution in [2.24, 2.45) is 5.92 Å². The van der Waals surface area contributed by atoms with E-state index in [0.717, 1.165) is 11.4 Å². The first kappa shape index (κ1) is 12.9. The van der Waals surface area contributed by atoms with Gasteiger partial charge in [0.05, 0.1) is 6.04 Å². The maximum absolute atomic E-state index is 11.8. The highest BCUT2D eigenvalue weighted by Gasteiger charge is 2.44. The van der Waals surface area contributed by atoms with Crippen molar-refractivity contribution < 1.29 is 4.79 Å². The summed E-state index contributed by atoms with van der Waals surface area (Å²) in [5.41, 5.74) is 3.81. The first-order valence-corrected chi connectivity index (χ1v) is 7.75. The van der Waals surface area contributed by atoms with Gasteiger partial charge in [-0.25, -0.2) is 0 Å². The number of nitrogens with one attached hydrogen (secondary N) is 1. The lowest BCUT2D eigenvalue weighted by atomic mass is 9.80. The van der Waals surface area contributed by atoms with Crippen LogP contribution < -0.4 is 5.32 Å². The summed E-state index contributed by atoms with van der Waals surface area (Å²) in [5, 5.41) is 3.94. The number of rotatable bonds is 1. The molecular weight excluding hydrogens is 282 g/mol. The first-order valence-electron chi connectivity index (χ1n) is 7.37. The van der Waals surface area contributed by atoms with Crippen molar-refractivity contribution in [2.45, 2.75) is 24.8 Å². The number of carbonyl (C=O) groups is 1. The van der Waals surface area contributed by atoms with Crippen LogP contribution in [0, 0.1) is 5.92 Å². The van der Waals surface area contributed by atoms with E-state index in [1.165, 1.54) is 16.7 Å². The molecule has 3 heteroatoms. The highest BCUT2D eigenvalue weighted by atomic mass is 35.5. The number of hydrogen-bond donors (Lipinski definition) is 1. The highest BCUT2D eigenvalue weighted by Crippen LogP contribution is 2.52. The Labute approximate surface area is 129 Å². The Bertz CT molecular complexity index is 698. The van der Waals surface area contributed by atoms with E-state index in [9.17, 15) is 4.79 Å². The summed E-state index contributed by atoms with van der Waals surface area (Å²) in [6.07, 6.45) is 1.55. The zero-order valence-electron chi connectivity index (χ0n) is 11.6. The second-order valence-electron chi connectivity index (χ2n) is 5.91. The lowest BCUT2D eigenvalue weighted by molar-refractivity contribution is -0.124. The van der Waals surface area contributed by atoms with Gasteiger partial charge < -0.3 is 5.32 Å². The van der Waals surface area contributed by atoms with Crippen LogP contribution in [0.25, 0.3) is 0 Å². The van der Waals surface area contributed by atoms with Gasteiger partial charge in [0.15, 0.2) is 0 Å². The van der Waals surface area contributed by atoms with Crippen molar-refractivity contribution in [1.29, 1.82) is 0 Å². The molecule has 21 heavy (non-hydrogen) atoms. The largest absolute Gasteiger partial charge is 0.349 e. The van der Waals surface area contributed by atoms with Gasteiger partial charge >= 0.3 is 0 Å². The Kier molecular flexibility index (Phi) is 3.00. The van der Waals surface area contributed by atoms with Crippen molar-refractivity contribution >= 4 is 17.5 Å². The van der Waals surface area contributed by atoms with Gasteiger partial charge in [0.1, 0.15) is 0 Å². The van der Waals surface area contributed by atoms with Gasteiger partial charge in [0, 0.05) is 17.4 Å². The number of benzene rings is 2. The molecule has 1 saturated heterocycles. The molecule has 2 nitrogen and oxygen atoms in total. The van der Waals surface area contributed by atoms with Gasteiger partial charge in [0.25, 0.3) is 0 Å². The van der Waals surface area contributed by atoms with Crippen molar-refractivity contribution in [3.63, 3.8) is 0 Å². The van der Waals surface area contributed by atoms with Crippen molar-refractivity contribution in [3.8, 4) is 0 Å². The van der Waals surface area contributed by atoms with Crippen LogP contribution in [0.5, 0.6) is 0 Å². The molecule has 1 aliphatic heterocycles. The molecule has 106 valence electrons. The summed E-state index contributed by atoms with van der Waals surface area (Å²) in [7, 11) is 0. The van der Waals surface area contributed by atoms with Crippen molar-refractivity contribution in [3.05, 3.63) is 70.2 Å². The molecule has 0 spiro atoms. The lowest BCUT2D eigenvalue weighted by Gasteiger charge is -2.30. The number of halogens is 1. The predicted octanol–water partition coefficient (Wildman–Crippen LogP) is 4.05. The molecule has 0 radical (unpaired) electrons. The van der Waals surface area contributed by atoms with Crippen LogP contribution in [0.15, 0.2) is 48.5 Å². The molecule has 1 fully saturated rings. The Morgan fingerprint density at radius 1 is 1.05 bits per heavy atom. The third kappa shape index (κ3) is 2.06. The van der Waals surface area contributed by atoms with Crippen LogP contribution in [0.4, 0.5) is 0 Å². The topological polar surface area (TPSA) is 29.1 Å². The summed E-state index contributed by atoms with van der Waals surface area (Å²) in [4.78, 5) is 11.8.